The molecule has 0 atom stereocenters. The average Bonchev–Trinajstić information content (AvgIpc) is 0. The fraction of sp³-hybridized carbons (Fsp3) is 0. The molecule has 0 aromatic rings. The van der Waals surface area contributed by atoms with Gasteiger partial charge in [-0.25, -0.2) is 0 Å². The SMILES string of the molecule is [Cu+2].[I-].[I-].[S]. The Labute approximate surface area is 77.4 Å². The van der Waals surface area contributed by atoms with Crippen LogP contribution in [0.5, 0.6) is 0 Å². The Morgan fingerprint density at radius 2 is 0.750 bits per heavy atom. The van der Waals surface area contributed by atoms with E-state index in [0.29, 0.717) is 0 Å². The van der Waals surface area contributed by atoms with Gasteiger partial charge in [0.25, 0.3) is 0 Å². The van der Waals surface area contributed by atoms with Crippen molar-refractivity contribution in [2.45, 2.75) is 0 Å². The third kappa shape index (κ3) is 8.84. The van der Waals surface area contributed by atoms with Crippen LogP contribution in [0, 0.1) is 0 Å². The fourth-order valence-corrected chi connectivity index (χ4v) is 0. The molecule has 0 heterocycles. The quantitative estimate of drug-likeness (QED) is 0.303. The van der Waals surface area contributed by atoms with E-state index in [-0.39, 0.29) is 78.5 Å². The van der Waals surface area contributed by atoms with Gasteiger partial charge in [0.2, 0.25) is 0 Å². The van der Waals surface area contributed by atoms with Gasteiger partial charge in [0.05, 0.1) is 0 Å². The van der Waals surface area contributed by atoms with E-state index in [1.165, 1.54) is 0 Å². The summed E-state index contributed by atoms with van der Waals surface area (Å²) < 4.78 is 0. The molecule has 4 heavy (non-hydrogen) atoms. The van der Waals surface area contributed by atoms with Crippen LogP contribution in [0.2, 0.25) is 0 Å². The molecule has 0 saturated heterocycles. The van der Waals surface area contributed by atoms with Crippen molar-refractivity contribution < 1.29 is 65.0 Å². The smallest absolute Gasteiger partial charge is 1.00 e. The summed E-state index contributed by atoms with van der Waals surface area (Å²) in [4.78, 5) is 0. The van der Waals surface area contributed by atoms with Gasteiger partial charge in [-0.05, 0) is 0 Å². The summed E-state index contributed by atoms with van der Waals surface area (Å²) in [5.41, 5.74) is 0. The monoisotopic (exact) mass is 349 g/mol. The molecule has 0 saturated carbocycles. The molecule has 0 amide bonds. The first-order valence-electron chi connectivity index (χ1n) is 0. The van der Waals surface area contributed by atoms with Crippen LogP contribution in [-0.4, -0.2) is 0 Å². The van der Waals surface area contributed by atoms with E-state index >= 15 is 0 Å². The molecule has 0 unspecified atom stereocenters. The van der Waals surface area contributed by atoms with Gasteiger partial charge >= 0.3 is 17.1 Å². The normalized spacial score (nSPS) is 0. The van der Waals surface area contributed by atoms with Crippen LogP contribution in [0.15, 0.2) is 0 Å². The summed E-state index contributed by atoms with van der Waals surface area (Å²) >= 11 is 0. The zero-order valence-electron chi connectivity index (χ0n) is 1.47. The number of hydrogen-bond donors (Lipinski definition) is 0. The minimum absolute atomic E-state index is 0. The second-order valence-corrected chi connectivity index (χ2v) is 0. The van der Waals surface area contributed by atoms with Gasteiger partial charge < -0.3 is 48.0 Å². The molecular weight excluding hydrogens is 349 g/mol. The van der Waals surface area contributed by atoms with E-state index < -0.39 is 0 Å². The van der Waals surface area contributed by atoms with Crippen molar-refractivity contribution in [3.8, 4) is 0 Å². The molecule has 0 rings (SSSR count). The maximum Gasteiger partial charge on any atom is 2.00 e. The summed E-state index contributed by atoms with van der Waals surface area (Å²) in [5.74, 6) is 0. The molecule has 0 spiro atoms. The van der Waals surface area contributed by atoms with Gasteiger partial charge in [-0.3, -0.25) is 0 Å². The third-order valence-electron chi connectivity index (χ3n) is 0. The Bertz CT molecular complexity index is 6.00. The zero-order chi connectivity index (χ0) is 0. The first-order chi connectivity index (χ1) is 0. The Morgan fingerprint density at radius 1 is 0.750 bits per heavy atom. The van der Waals surface area contributed by atoms with Crippen molar-refractivity contribution in [1.82, 2.24) is 0 Å². The minimum Gasteiger partial charge on any atom is -1.00 e. The number of halogens is 2. The van der Waals surface area contributed by atoms with E-state index in [9.17, 15) is 0 Å². The topological polar surface area (TPSA) is 0 Å². The van der Waals surface area contributed by atoms with Crippen molar-refractivity contribution >= 4 is 13.5 Å². The van der Waals surface area contributed by atoms with Gasteiger partial charge in [-0.15, -0.1) is 0 Å². The van der Waals surface area contributed by atoms with Gasteiger partial charge in [0.1, 0.15) is 0 Å². The number of hydrogen-bond acceptors (Lipinski definition) is 0. The van der Waals surface area contributed by atoms with Crippen LogP contribution in [0.4, 0.5) is 0 Å². The van der Waals surface area contributed by atoms with Crippen molar-refractivity contribution in [3.05, 3.63) is 0 Å². The van der Waals surface area contributed by atoms with Crippen LogP contribution in [0.1, 0.15) is 0 Å². The molecule has 3 radical (unpaired) electrons. The summed E-state index contributed by atoms with van der Waals surface area (Å²) in [6.45, 7) is 0. The zero-order valence-corrected chi connectivity index (χ0v) is 7.54. The largest absolute Gasteiger partial charge is 2.00 e. The van der Waals surface area contributed by atoms with Gasteiger partial charge in [0, 0.05) is 13.5 Å². The molecule has 31 valence electrons. The van der Waals surface area contributed by atoms with Gasteiger partial charge in [0.15, 0.2) is 0 Å². The first-order valence-corrected chi connectivity index (χ1v) is 0. The fourth-order valence-electron chi connectivity index (χ4n) is 0. The maximum absolute atomic E-state index is 0. The summed E-state index contributed by atoms with van der Waals surface area (Å²) in [5, 5.41) is 0. The standard InChI is InChI=1S/Cu.2HI.S/h;2*1H;/q+2;;;/p-2. The first kappa shape index (κ1) is 33.1. The Kier molecular flexibility index (Phi) is 152. The minimum atomic E-state index is 0. The Hall–Kier alpha value is 2.33. The second-order valence-electron chi connectivity index (χ2n) is 0. The molecule has 0 N–H and O–H groups in total. The van der Waals surface area contributed by atoms with E-state index in [1.54, 1.807) is 0 Å². The number of rotatable bonds is 0. The van der Waals surface area contributed by atoms with Crippen molar-refractivity contribution in [3.63, 3.8) is 0 Å². The van der Waals surface area contributed by atoms with Crippen molar-refractivity contribution in [2.24, 2.45) is 0 Å². The molecule has 0 aliphatic heterocycles. The van der Waals surface area contributed by atoms with Crippen molar-refractivity contribution in [2.75, 3.05) is 0 Å². The molecule has 0 aromatic carbocycles. The van der Waals surface area contributed by atoms with Crippen LogP contribution in [-0.2, 0) is 17.1 Å². The average molecular weight is 349 g/mol. The Morgan fingerprint density at radius 3 is 0.750 bits per heavy atom. The molecule has 4 heteroatoms. The van der Waals surface area contributed by atoms with Crippen LogP contribution in [0.25, 0.3) is 0 Å². The van der Waals surface area contributed by atoms with E-state index in [0.717, 1.165) is 0 Å². The van der Waals surface area contributed by atoms with E-state index in [4.69, 9.17) is 0 Å². The van der Waals surface area contributed by atoms with E-state index in [1.807, 2.05) is 0 Å². The summed E-state index contributed by atoms with van der Waals surface area (Å²) in [6, 6.07) is 0. The molecule has 0 aliphatic rings. The summed E-state index contributed by atoms with van der Waals surface area (Å²) in [7, 11) is 0. The van der Waals surface area contributed by atoms with Crippen LogP contribution >= 0.6 is 13.5 Å². The maximum atomic E-state index is 0. The molecule has 0 nitrogen and oxygen atoms in total. The Balaban J connectivity index is 0. The molecule has 0 aliphatic carbocycles. The van der Waals surface area contributed by atoms with Crippen molar-refractivity contribution in [1.29, 1.82) is 0 Å². The molecular formula is CuI2S. The van der Waals surface area contributed by atoms with Gasteiger partial charge in [-0.2, -0.15) is 0 Å². The van der Waals surface area contributed by atoms with Gasteiger partial charge in [-0.1, -0.05) is 0 Å². The predicted molar refractivity (Wildman–Crippen MR) is 7.59 cm³/mol. The summed E-state index contributed by atoms with van der Waals surface area (Å²) in [6.07, 6.45) is 0. The second kappa shape index (κ2) is 18.4. The molecule has 0 aromatic heterocycles. The van der Waals surface area contributed by atoms with E-state index in [2.05, 4.69) is 0 Å². The van der Waals surface area contributed by atoms with Crippen LogP contribution in [0.3, 0.4) is 0 Å². The molecule has 0 fully saturated rings. The van der Waals surface area contributed by atoms with Crippen LogP contribution < -0.4 is 48.0 Å². The molecule has 0 bridgehead atoms. The predicted octanol–water partition coefficient (Wildman–Crippen LogP) is -5.35. The third-order valence-corrected chi connectivity index (χ3v) is 0.